The lowest BCUT2D eigenvalue weighted by Gasteiger charge is -1.98. The van der Waals surface area contributed by atoms with Crippen molar-refractivity contribution in [1.82, 2.24) is 5.16 Å². The minimum atomic E-state index is -0.497. The van der Waals surface area contributed by atoms with E-state index in [0.717, 1.165) is 16.5 Å². The highest BCUT2D eigenvalue weighted by Crippen LogP contribution is 2.28. The second kappa shape index (κ2) is 7.51. The topological polar surface area (TPSA) is 65.5 Å². The molecule has 0 aliphatic carbocycles. The molecule has 0 aliphatic heterocycles. The number of carbonyl (C=O) groups is 1. The number of nitrogens with zero attached hydrogens (tertiary/aromatic N) is 1. The van der Waals surface area contributed by atoms with Gasteiger partial charge in [0.1, 0.15) is 17.9 Å². The van der Waals surface area contributed by atoms with Crippen molar-refractivity contribution < 1.29 is 18.5 Å². The Morgan fingerprint density at radius 3 is 2.74 bits per heavy atom. The van der Waals surface area contributed by atoms with Gasteiger partial charge < -0.3 is 13.7 Å². The summed E-state index contributed by atoms with van der Waals surface area (Å²) in [7, 11) is 0. The predicted octanol–water partition coefficient (Wildman–Crippen LogP) is 5.50. The molecular formula is C21H14ClNO4. The average Bonchev–Trinajstić information content (AvgIpc) is 3.32. The number of rotatable bonds is 5. The number of ether oxygens (including phenoxy) is 1. The van der Waals surface area contributed by atoms with Gasteiger partial charge in [-0.2, -0.15) is 0 Å². The number of furan rings is 1. The van der Waals surface area contributed by atoms with Crippen LogP contribution < -0.4 is 0 Å². The van der Waals surface area contributed by atoms with Crippen LogP contribution in [0.1, 0.15) is 11.3 Å². The first-order chi connectivity index (χ1) is 13.2. The maximum atomic E-state index is 11.9. The smallest absolute Gasteiger partial charge is 0.331 e. The van der Waals surface area contributed by atoms with Gasteiger partial charge in [0.15, 0.2) is 5.76 Å². The van der Waals surface area contributed by atoms with Crippen LogP contribution in [0.4, 0.5) is 0 Å². The molecule has 4 aromatic rings. The van der Waals surface area contributed by atoms with E-state index in [1.165, 1.54) is 6.08 Å². The Kier molecular flexibility index (Phi) is 4.77. The van der Waals surface area contributed by atoms with Crippen LogP contribution in [0.5, 0.6) is 0 Å². The molecule has 0 aliphatic rings. The minimum absolute atomic E-state index is 0.00454. The molecule has 134 valence electrons. The van der Waals surface area contributed by atoms with Gasteiger partial charge in [-0.3, -0.25) is 0 Å². The first-order valence-corrected chi connectivity index (χ1v) is 8.61. The standard InChI is InChI=1S/C21H14ClNO4/c22-17-7-3-1-5-14(17)9-10-21(24)25-13-16-12-20(27-23-16)19-11-15-6-2-4-8-18(15)26-19/h1-12H,13H2/b10-9+. The first kappa shape index (κ1) is 17.1. The number of halogens is 1. The molecule has 0 atom stereocenters. The fourth-order valence-electron chi connectivity index (χ4n) is 2.56. The molecule has 0 unspecified atom stereocenters. The number of para-hydroxylation sites is 1. The van der Waals surface area contributed by atoms with Crippen LogP contribution in [0.25, 0.3) is 28.6 Å². The van der Waals surface area contributed by atoms with Gasteiger partial charge >= 0.3 is 5.97 Å². The van der Waals surface area contributed by atoms with Crippen LogP contribution in [-0.2, 0) is 16.1 Å². The van der Waals surface area contributed by atoms with Crippen molar-refractivity contribution in [3.63, 3.8) is 0 Å². The van der Waals surface area contributed by atoms with Gasteiger partial charge in [0.2, 0.25) is 5.76 Å². The molecular weight excluding hydrogens is 366 g/mol. The fraction of sp³-hybridized carbons (Fsp3) is 0.0476. The van der Waals surface area contributed by atoms with Gasteiger partial charge in [0, 0.05) is 22.6 Å². The Balaban J connectivity index is 1.39. The third-order valence-corrected chi connectivity index (χ3v) is 4.24. The van der Waals surface area contributed by atoms with E-state index in [-0.39, 0.29) is 6.61 Å². The lowest BCUT2D eigenvalue weighted by atomic mass is 10.2. The molecule has 4 rings (SSSR count). The van der Waals surface area contributed by atoms with E-state index in [0.29, 0.717) is 22.2 Å². The molecule has 0 saturated carbocycles. The number of hydrogen-bond acceptors (Lipinski definition) is 5. The molecule has 0 radical (unpaired) electrons. The summed E-state index contributed by atoms with van der Waals surface area (Å²) in [5.41, 5.74) is 2.00. The molecule has 0 spiro atoms. The van der Waals surface area contributed by atoms with Crippen molar-refractivity contribution in [1.29, 1.82) is 0 Å². The summed E-state index contributed by atoms with van der Waals surface area (Å²) in [6, 6.07) is 18.4. The summed E-state index contributed by atoms with van der Waals surface area (Å²) < 4.78 is 16.2. The van der Waals surface area contributed by atoms with Crippen molar-refractivity contribution in [3.05, 3.63) is 83.0 Å². The predicted molar refractivity (Wildman–Crippen MR) is 102 cm³/mol. The average molecular weight is 380 g/mol. The van der Waals surface area contributed by atoms with Gasteiger partial charge in [-0.1, -0.05) is 53.2 Å². The lowest BCUT2D eigenvalue weighted by Crippen LogP contribution is -2.00. The van der Waals surface area contributed by atoms with E-state index in [1.54, 1.807) is 18.2 Å². The van der Waals surface area contributed by atoms with Crippen LogP contribution in [0, 0.1) is 0 Å². The molecule has 0 saturated heterocycles. The SMILES string of the molecule is O=C(/C=C/c1ccccc1Cl)OCc1cc(-c2cc3ccccc3o2)on1. The molecule has 2 aromatic heterocycles. The van der Waals surface area contributed by atoms with Crippen LogP contribution in [-0.4, -0.2) is 11.1 Å². The van der Waals surface area contributed by atoms with E-state index < -0.39 is 5.97 Å². The van der Waals surface area contributed by atoms with Crippen LogP contribution in [0.2, 0.25) is 5.02 Å². The Bertz CT molecular complexity index is 1090. The van der Waals surface area contributed by atoms with Gasteiger partial charge in [-0.15, -0.1) is 0 Å². The number of fused-ring (bicyclic) bond motifs is 1. The van der Waals surface area contributed by atoms with Crippen molar-refractivity contribution in [2.75, 3.05) is 0 Å². The molecule has 2 heterocycles. The Morgan fingerprint density at radius 1 is 1.07 bits per heavy atom. The van der Waals surface area contributed by atoms with Crippen LogP contribution in [0.15, 0.2) is 75.7 Å². The van der Waals surface area contributed by atoms with Crippen molar-refractivity contribution in [2.45, 2.75) is 6.61 Å². The summed E-state index contributed by atoms with van der Waals surface area (Å²) in [6.07, 6.45) is 2.93. The normalized spacial score (nSPS) is 11.3. The Morgan fingerprint density at radius 2 is 1.89 bits per heavy atom. The number of aromatic nitrogens is 1. The zero-order valence-corrected chi connectivity index (χ0v) is 14.8. The molecule has 0 amide bonds. The highest BCUT2D eigenvalue weighted by molar-refractivity contribution is 6.32. The van der Waals surface area contributed by atoms with Gasteiger partial charge in [-0.25, -0.2) is 4.79 Å². The highest BCUT2D eigenvalue weighted by Gasteiger charge is 2.12. The third-order valence-electron chi connectivity index (χ3n) is 3.89. The summed E-state index contributed by atoms with van der Waals surface area (Å²) >= 11 is 6.04. The molecule has 0 fully saturated rings. The number of carbonyl (C=O) groups excluding carboxylic acids is 1. The monoisotopic (exact) mass is 379 g/mol. The van der Waals surface area contributed by atoms with E-state index >= 15 is 0 Å². The third kappa shape index (κ3) is 3.93. The van der Waals surface area contributed by atoms with Gasteiger partial charge in [-0.05, 0) is 29.8 Å². The summed E-state index contributed by atoms with van der Waals surface area (Å²) in [6.45, 7) is -0.00454. The molecule has 0 bridgehead atoms. The fourth-order valence-corrected chi connectivity index (χ4v) is 2.76. The van der Waals surface area contributed by atoms with Crippen LogP contribution in [0.3, 0.4) is 0 Å². The zero-order chi connectivity index (χ0) is 18.6. The quantitative estimate of drug-likeness (QED) is 0.338. The summed E-state index contributed by atoms with van der Waals surface area (Å²) in [5, 5.41) is 5.45. The van der Waals surface area contributed by atoms with Gasteiger partial charge in [0.25, 0.3) is 0 Å². The summed E-state index contributed by atoms with van der Waals surface area (Å²) in [5.74, 6) is 0.548. The van der Waals surface area contributed by atoms with Crippen molar-refractivity contribution in [3.8, 4) is 11.5 Å². The number of hydrogen-bond donors (Lipinski definition) is 0. The largest absolute Gasteiger partial charge is 0.456 e. The number of esters is 1. The highest BCUT2D eigenvalue weighted by atomic mass is 35.5. The summed E-state index contributed by atoms with van der Waals surface area (Å²) in [4.78, 5) is 11.9. The minimum Gasteiger partial charge on any atom is -0.456 e. The van der Waals surface area contributed by atoms with Crippen molar-refractivity contribution in [2.24, 2.45) is 0 Å². The Labute approximate surface area is 159 Å². The molecule has 6 heteroatoms. The van der Waals surface area contributed by atoms with E-state index in [4.69, 9.17) is 25.3 Å². The van der Waals surface area contributed by atoms with Gasteiger partial charge in [0.05, 0.1) is 0 Å². The maximum Gasteiger partial charge on any atom is 0.331 e. The molecule has 27 heavy (non-hydrogen) atoms. The zero-order valence-electron chi connectivity index (χ0n) is 14.1. The molecule has 0 N–H and O–H groups in total. The number of benzene rings is 2. The lowest BCUT2D eigenvalue weighted by molar-refractivity contribution is -0.139. The van der Waals surface area contributed by atoms with E-state index in [9.17, 15) is 4.79 Å². The second-order valence-electron chi connectivity index (χ2n) is 5.79. The van der Waals surface area contributed by atoms with E-state index in [1.807, 2.05) is 48.5 Å². The van der Waals surface area contributed by atoms with Crippen molar-refractivity contribution >= 4 is 34.6 Å². The van der Waals surface area contributed by atoms with E-state index in [2.05, 4.69) is 5.16 Å². The first-order valence-electron chi connectivity index (χ1n) is 8.23. The van der Waals surface area contributed by atoms with Crippen LogP contribution >= 0.6 is 11.6 Å². The molecule has 5 nitrogen and oxygen atoms in total. The maximum absolute atomic E-state index is 11.9. The second-order valence-corrected chi connectivity index (χ2v) is 6.20. The molecule has 2 aromatic carbocycles. The Hall–Kier alpha value is -3.31.